The van der Waals surface area contributed by atoms with Gasteiger partial charge in [0.05, 0.1) is 11.2 Å². The van der Waals surface area contributed by atoms with Crippen LogP contribution in [0.15, 0.2) is 29.1 Å². The van der Waals surface area contributed by atoms with Gasteiger partial charge in [0.15, 0.2) is 11.5 Å². The fraction of sp³-hybridized carbons (Fsp3) is 0.500. The highest BCUT2D eigenvalue weighted by atomic mass is 35.5. The zero-order valence-electron chi connectivity index (χ0n) is 22.7. The van der Waals surface area contributed by atoms with E-state index >= 15 is 0 Å². The summed E-state index contributed by atoms with van der Waals surface area (Å²) in [6.45, 7) is 3.50. The predicted octanol–water partition coefficient (Wildman–Crippen LogP) is 5.55. The van der Waals surface area contributed by atoms with Gasteiger partial charge in [-0.1, -0.05) is 18.0 Å². The lowest BCUT2D eigenvalue weighted by Gasteiger charge is -2.44. The molecule has 204 valence electrons. The Bertz CT molecular complexity index is 1520. The van der Waals surface area contributed by atoms with Gasteiger partial charge in [0.2, 0.25) is 6.79 Å². The SMILES string of the molecule is Cc1cc2c(cc1N(CC1CCC1)[C@H]1CC[C@H](N(C)c3c(C#N)c(=O)n(C)c4ccc(Cl)nc34)CC1)OCO2. The lowest BCUT2D eigenvalue weighted by molar-refractivity contribution is 0.174. The maximum absolute atomic E-state index is 13.1. The van der Waals surface area contributed by atoms with Crippen molar-refractivity contribution in [3.8, 4) is 17.6 Å². The van der Waals surface area contributed by atoms with Crippen molar-refractivity contribution in [3.05, 3.63) is 50.9 Å². The Labute approximate surface area is 233 Å². The van der Waals surface area contributed by atoms with Crippen LogP contribution in [0.5, 0.6) is 11.5 Å². The number of nitrogens with zero attached hydrogens (tertiary/aromatic N) is 5. The third kappa shape index (κ3) is 4.57. The molecule has 39 heavy (non-hydrogen) atoms. The summed E-state index contributed by atoms with van der Waals surface area (Å²) in [5.41, 5.74) is 4.11. The van der Waals surface area contributed by atoms with Crippen molar-refractivity contribution in [2.75, 3.05) is 30.2 Å². The Morgan fingerprint density at radius 3 is 2.46 bits per heavy atom. The van der Waals surface area contributed by atoms with E-state index in [1.54, 1.807) is 19.2 Å². The zero-order valence-corrected chi connectivity index (χ0v) is 23.5. The fourth-order valence-corrected chi connectivity index (χ4v) is 6.64. The molecule has 2 saturated carbocycles. The van der Waals surface area contributed by atoms with Crippen molar-refractivity contribution in [1.82, 2.24) is 9.55 Å². The van der Waals surface area contributed by atoms with Crippen molar-refractivity contribution in [2.45, 2.75) is 64.0 Å². The second-order valence-electron chi connectivity index (χ2n) is 11.2. The number of aryl methyl sites for hydroxylation is 2. The first-order valence-corrected chi connectivity index (χ1v) is 14.2. The number of rotatable bonds is 6. The minimum atomic E-state index is -0.311. The normalized spacial score (nSPS) is 20.5. The van der Waals surface area contributed by atoms with Gasteiger partial charge in [-0.2, -0.15) is 5.26 Å². The highest BCUT2D eigenvalue weighted by Gasteiger charge is 2.34. The molecule has 0 amide bonds. The summed E-state index contributed by atoms with van der Waals surface area (Å²) in [6.07, 6.45) is 7.85. The second-order valence-corrected chi connectivity index (χ2v) is 11.6. The molecule has 0 bridgehead atoms. The monoisotopic (exact) mass is 547 g/mol. The van der Waals surface area contributed by atoms with Crippen LogP contribution in [0.25, 0.3) is 11.0 Å². The summed E-state index contributed by atoms with van der Waals surface area (Å²) in [5, 5.41) is 10.3. The van der Waals surface area contributed by atoms with Crippen LogP contribution in [0.3, 0.4) is 0 Å². The van der Waals surface area contributed by atoms with Crippen LogP contribution in [-0.4, -0.2) is 42.0 Å². The van der Waals surface area contributed by atoms with E-state index in [0.717, 1.165) is 49.6 Å². The summed E-state index contributed by atoms with van der Waals surface area (Å²) in [7, 11) is 3.65. The molecule has 0 spiro atoms. The van der Waals surface area contributed by atoms with Crippen molar-refractivity contribution in [3.63, 3.8) is 0 Å². The van der Waals surface area contributed by atoms with Crippen molar-refractivity contribution < 1.29 is 9.47 Å². The first-order valence-electron chi connectivity index (χ1n) is 13.8. The molecular weight excluding hydrogens is 514 g/mol. The Hall–Kier alpha value is -3.44. The van der Waals surface area contributed by atoms with E-state index in [2.05, 4.69) is 39.9 Å². The number of halogens is 1. The smallest absolute Gasteiger partial charge is 0.270 e. The second kappa shape index (κ2) is 10.3. The van der Waals surface area contributed by atoms with E-state index < -0.39 is 0 Å². The molecule has 2 fully saturated rings. The average Bonchev–Trinajstić information content (AvgIpc) is 3.36. The summed E-state index contributed by atoms with van der Waals surface area (Å²) in [6, 6.07) is 10.5. The molecule has 0 saturated heterocycles. The number of pyridine rings is 2. The molecule has 3 aliphatic rings. The topological polar surface area (TPSA) is 83.6 Å². The molecule has 0 N–H and O–H groups in total. The quantitative estimate of drug-likeness (QED) is 0.374. The van der Waals surface area contributed by atoms with E-state index in [4.69, 9.17) is 21.1 Å². The zero-order chi connectivity index (χ0) is 27.3. The Morgan fingerprint density at radius 2 is 1.79 bits per heavy atom. The molecule has 3 aromatic rings. The van der Waals surface area contributed by atoms with Crippen molar-refractivity contribution in [2.24, 2.45) is 13.0 Å². The maximum Gasteiger partial charge on any atom is 0.270 e. The van der Waals surface area contributed by atoms with E-state index in [-0.39, 0.29) is 24.0 Å². The van der Waals surface area contributed by atoms with Gasteiger partial charge in [-0.05, 0) is 75.1 Å². The van der Waals surface area contributed by atoms with Crippen LogP contribution in [0, 0.1) is 24.2 Å². The van der Waals surface area contributed by atoms with Crippen molar-refractivity contribution >= 4 is 34.0 Å². The molecule has 3 heterocycles. The molecule has 0 radical (unpaired) electrons. The fourth-order valence-electron chi connectivity index (χ4n) is 6.49. The Kier molecular flexibility index (Phi) is 6.80. The van der Waals surface area contributed by atoms with E-state index in [1.165, 1.54) is 35.1 Å². The van der Waals surface area contributed by atoms with Crippen LogP contribution in [0.1, 0.15) is 56.1 Å². The number of nitriles is 1. The van der Waals surface area contributed by atoms with Crippen molar-refractivity contribution in [1.29, 1.82) is 5.26 Å². The summed E-state index contributed by atoms with van der Waals surface area (Å²) in [5.74, 6) is 2.39. The number of benzene rings is 1. The largest absolute Gasteiger partial charge is 0.454 e. The molecule has 8 nitrogen and oxygen atoms in total. The predicted molar refractivity (Wildman–Crippen MR) is 153 cm³/mol. The van der Waals surface area contributed by atoms with Crippen LogP contribution < -0.4 is 24.8 Å². The third-order valence-corrected chi connectivity index (χ3v) is 9.19. The average molecular weight is 548 g/mol. The Balaban J connectivity index is 1.28. The number of fused-ring (bicyclic) bond motifs is 2. The van der Waals surface area contributed by atoms with Gasteiger partial charge in [-0.15, -0.1) is 0 Å². The van der Waals surface area contributed by atoms with Crippen LogP contribution in [0.4, 0.5) is 11.4 Å². The van der Waals surface area contributed by atoms with Gasteiger partial charge in [0, 0.05) is 44.5 Å². The van der Waals surface area contributed by atoms with Crippen LogP contribution >= 0.6 is 11.6 Å². The lowest BCUT2D eigenvalue weighted by atomic mass is 9.83. The van der Waals surface area contributed by atoms with E-state index in [9.17, 15) is 10.1 Å². The van der Waals surface area contributed by atoms with E-state index in [0.29, 0.717) is 27.9 Å². The lowest BCUT2D eigenvalue weighted by Crippen LogP contribution is -2.46. The maximum atomic E-state index is 13.1. The van der Waals surface area contributed by atoms with Gasteiger partial charge < -0.3 is 23.8 Å². The molecule has 2 aromatic heterocycles. The van der Waals surface area contributed by atoms with Gasteiger partial charge in [-0.3, -0.25) is 4.79 Å². The van der Waals surface area contributed by atoms with Gasteiger partial charge in [0.25, 0.3) is 5.56 Å². The summed E-state index contributed by atoms with van der Waals surface area (Å²) < 4.78 is 12.8. The Morgan fingerprint density at radius 1 is 1.10 bits per heavy atom. The van der Waals surface area contributed by atoms with Gasteiger partial charge >= 0.3 is 0 Å². The molecular formula is C30H34ClN5O3. The number of anilines is 2. The summed E-state index contributed by atoms with van der Waals surface area (Å²) >= 11 is 6.26. The first-order chi connectivity index (χ1) is 18.9. The molecule has 0 unspecified atom stereocenters. The summed E-state index contributed by atoms with van der Waals surface area (Å²) in [4.78, 5) is 22.4. The molecule has 1 aliphatic heterocycles. The molecule has 1 aromatic carbocycles. The minimum absolute atomic E-state index is 0.118. The highest BCUT2D eigenvalue weighted by molar-refractivity contribution is 6.29. The standard InChI is InChI=1S/C30H34ClN5O3/c1-18-13-25-26(39-17-38-25)14-24(18)36(16-19-5-4-6-19)21-9-7-20(8-10-21)34(2)29-22(15-32)30(37)35(3)23-11-12-27(31)33-28(23)29/h11-14,19-21H,4-10,16-17H2,1-3H3/t20-,21-. The number of aromatic nitrogens is 2. The molecule has 6 rings (SSSR count). The highest BCUT2D eigenvalue weighted by Crippen LogP contribution is 2.42. The number of ether oxygens (including phenoxy) is 2. The molecule has 0 atom stereocenters. The third-order valence-electron chi connectivity index (χ3n) is 8.98. The number of hydrogen-bond donors (Lipinski definition) is 0. The van der Waals surface area contributed by atoms with Crippen LogP contribution in [-0.2, 0) is 7.05 Å². The first kappa shape index (κ1) is 25.8. The number of hydrogen-bond acceptors (Lipinski definition) is 7. The van der Waals surface area contributed by atoms with Gasteiger partial charge in [0.1, 0.15) is 22.3 Å². The minimum Gasteiger partial charge on any atom is -0.454 e. The molecule has 2 aliphatic carbocycles. The van der Waals surface area contributed by atoms with E-state index in [1.807, 2.05) is 7.05 Å². The van der Waals surface area contributed by atoms with Gasteiger partial charge in [-0.25, -0.2) is 4.98 Å². The van der Waals surface area contributed by atoms with Crippen LogP contribution in [0.2, 0.25) is 5.15 Å². The molecule has 9 heteroatoms.